The molecule has 1 aromatic rings. The van der Waals surface area contributed by atoms with E-state index in [-0.39, 0.29) is 18.7 Å². The maximum Gasteiger partial charge on any atom is 0.335 e. The number of hydrogen-bond donors (Lipinski definition) is 2. The van der Waals surface area contributed by atoms with Gasteiger partial charge in [0, 0.05) is 18.3 Å². The number of aliphatic hydroxyl groups excluding tert-OH is 1. The number of carboxylic acids is 1. The van der Waals surface area contributed by atoms with Crippen LogP contribution in [-0.4, -0.2) is 27.4 Å². The van der Waals surface area contributed by atoms with Crippen LogP contribution in [0.4, 0.5) is 0 Å². The summed E-state index contributed by atoms with van der Waals surface area (Å²) >= 11 is 0. The predicted octanol–water partition coefficient (Wildman–Crippen LogP) is -0.153. The summed E-state index contributed by atoms with van der Waals surface area (Å²) < 4.78 is 1.33. The lowest BCUT2D eigenvalue weighted by Crippen LogP contribution is -2.24. The monoisotopic (exact) mass is 197 g/mol. The van der Waals surface area contributed by atoms with Crippen molar-refractivity contribution in [1.82, 2.24) is 4.57 Å². The van der Waals surface area contributed by atoms with Gasteiger partial charge in [-0.15, -0.1) is 0 Å². The minimum absolute atomic E-state index is 0.0262. The van der Waals surface area contributed by atoms with Crippen LogP contribution in [0.5, 0.6) is 0 Å². The predicted molar refractivity (Wildman–Crippen MR) is 49.5 cm³/mol. The lowest BCUT2D eigenvalue weighted by atomic mass is 10.2. The van der Waals surface area contributed by atoms with Gasteiger partial charge in [-0.25, -0.2) is 4.79 Å². The lowest BCUT2D eigenvalue weighted by molar-refractivity contribution is 0.0696. The van der Waals surface area contributed by atoms with Crippen molar-refractivity contribution >= 4 is 5.97 Å². The number of aromatic carboxylic acids is 1. The van der Waals surface area contributed by atoms with Gasteiger partial charge in [0.25, 0.3) is 5.56 Å². The van der Waals surface area contributed by atoms with Crippen molar-refractivity contribution in [2.24, 2.45) is 0 Å². The number of carboxylic acid groups (broad SMARTS) is 1. The van der Waals surface area contributed by atoms with Gasteiger partial charge in [0.15, 0.2) is 0 Å². The van der Waals surface area contributed by atoms with Crippen molar-refractivity contribution in [2.45, 2.75) is 13.5 Å². The first-order valence-electron chi connectivity index (χ1n) is 4.12. The van der Waals surface area contributed by atoms with Gasteiger partial charge < -0.3 is 14.8 Å². The molecule has 1 heterocycles. The highest BCUT2D eigenvalue weighted by Crippen LogP contribution is 2.00. The Balaban J connectivity index is 3.25. The van der Waals surface area contributed by atoms with Crippen LogP contribution in [0, 0.1) is 6.92 Å². The van der Waals surface area contributed by atoms with Crippen molar-refractivity contribution in [2.75, 3.05) is 6.61 Å². The molecule has 0 aliphatic carbocycles. The summed E-state index contributed by atoms with van der Waals surface area (Å²) in [6.07, 6.45) is 0. The molecule has 2 N–H and O–H groups in total. The zero-order valence-corrected chi connectivity index (χ0v) is 7.73. The molecule has 5 heteroatoms. The topological polar surface area (TPSA) is 79.5 Å². The molecule has 1 rings (SSSR count). The molecule has 0 saturated carbocycles. The number of aliphatic hydroxyl groups is 1. The summed E-state index contributed by atoms with van der Waals surface area (Å²) in [7, 11) is 0. The Morgan fingerprint density at radius 3 is 2.57 bits per heavy atom. The summed E-state index contributed by atoms with van der Waals surface area (Å²) in [4.78, 5) is 21.9. The lowest BCUT2D eigenvalue weighted by Gasteiger charge is -2.07. The summed E-state index contributed by atoms with van der Waals surface area (Å²) in [5, 5.41) is 17.3. The van der Waals surface area contributed by atoms with Crippen LogP contribution in [-0.2, 0) is 6.54 Å². The smallest absolute Gasteiger partial charge is 0.335 e. The first-order valence-corrected chi connectivity index (χ1v) is 4.12. The molecular formula is C9H11NO4. The van der Waals surface area contributed by atoms with E-state index < -0.39 is 11.5 Å². The van der Waals surface area contributed by atoms with Crippen LogP contribution in [0.15, 0.2) is 16.9 Å². The average molecular weight is 197 g/mol. The van der Waals surface area contributed by atoms with E-state index in [0.29, 0.717) is 5.69 Å². The zero-order valence-electron chi connectivity index (χ0n) is 7.73. The Kier molecular flexibility index (Phi) is 3.03. The van der Waals surface area contributed by atoms with Crippen LogP contribution in [0.3, 0.4) is 0 Å². The third-order valence-corrected chi connectivity index (χ3v) is 1.91. The van der Waals surface area contributed by atoms with Crippen molar-refractivity contribution in [3.63, 3.8) is 0 Å². The number of aromatic nitrogens is 1. The Bertz CT molecular complexity index is 408. The maximum absolute atomic E-state index is 11.3. The summed E-state index contributed by atoms with van der Waals surface area (Å²) in [6, 6.07) is 2.45. The molecule has 0 bridgehead atoms. The van der Waals surface area contributed by atoms with E-state index in [2.05, 4.69) is 0 Å². The third kappa shape index (κ3) is 2.00. The molecular weight excluding hydrogens is 186 g/mol. The van der Waals surface area contributed by atoms with E-state index in [1.807, 2.05) is 0 Å². The van der Waals surface area contributed by atoms with E-state index in [4.69, 9.17) is 10.2 Å². The van der Waals surface area contributed by atoms with Gasteiger partial charge in [0.05, 0.1) is 12.2 Å². The van der Waals surface area contributed by atoms with Crippen LogP contribution in [0.2, 0.25) is 0 Å². The standard InChI is InChI=1S/C9H11NO4/c1-6-4-7(9(13)14)5-8(12)10(6)2-3-11/h4-5,11H,2-3H2,1H3,(H,13,14). The number of carbonyl (C=O) groups is 1. The van der Waals surface area contributed by atoms with E-state index >= 15 is 0 Å². The highest BCUT2D eigenvalue weighted by molar-refractivity contribution is 5.87. The molecule has 0 unspecified atom stereocenters. The van der Waals surface area contributed by atoms with Crippen molar-refractivity contribution in [3.05, 3.63) is 33.7 Å². The molecule has 0 fully saturated rings. The number of hydrogen-bond acceptors (Lipinski definition) is 3. The molecule has 14 heavy (non-hydrogen) atoms. The largest absolute Gasteiger partial charge is 0.478 e. The van der Waals surface area contributed by atoms with E-state index in [1.54, 1.807) is 6.92 Å². The van der Waals surface area contributed by atoms with Crippen LogP contribution in [0.1, 0.15) is 16.1 Å². The number of pyridine rings is 1. The number of nitrogens with zero attached hydrogens (tertiary/aromatic N) is 1. The first-order chi connectivity index (χ1) is 6.56. The van der Waals surface area contributed by atoms with Crippen LogP contribution < -0.4 is 5.56 Å². The Morgan fingerprint density at radius 2 is 2.14 bits per heavy atom. The minimum Gasteiger partial charge on any atom is -0.478 e. The van der Waals surface area contributed by atoms with E-state index in [0.717, 1.165) is 6.07 Å². The Hall–Kier alpha value is -1.62. The second-order valence-electron chi connectivity index (χ2n) is 2.90. The Labute approximate surface area is 80.2 Å². The van der Waals surface area contributed by atoms with Gasteiger partial charge in [0.2, 0.25) is 0 Å². The SMILES string of the molecule is Cc1cc(C(=O)O)cc(=O)n1CCO. The fourth-order valence-electron chi connectivity index (χ4n) is 1.24. The molecule has 0 aliphatic heterocycles. The fourth-order valence-corrected chi connectivity index (χ4v) is 1.24. The molecule has 0 atom stereocenters. The summed E-state index contributed by atoms with van der Waals surface area (Å²) in [5.74, 6) is -1.12. The highest BCUT2D eigenvalue weighted by atomic mass is 16.4. The van der Waals surface area contributed by atoms with Crippen LogP contribution >= 0.6 is 0 Å². The summed E-state index contributed by atoms with van der Waals surface area (Å²) in [5.41, 5.74) is 0.0992. The molecule has 5 nitrogen and oxygen atoms in total. The van der Waals surface area contributed by atoms with Gasteiger partial charge in [-0.2, -0.15) is 0 Å². The molecule has 0 amide bonds. The van der Waals surface area contributed by atoms with Crippen LogP contribution in [0.25, 0.3) is 0 Å². The van der Waals surface area contributed by atoms with Crippen molar-refractivity contribution in [3.8, 4) is 0 Å². The van der Waals surface area contributed by atoms with Gasteiger partial charge in [-0.05, 0) is 13.0 Å². The van der Waals surface area contributed by atoms with Gasteiger partial charge in [-0.1, -0.05) is 0 Å². The average Bonchev–Trinajstić information content (AvgIpc) is 2.10. The quantitative estimate of drug-likeness (QED) is 0.706. The molecule has 0 radical (unpaired) electrons. The molecule has 76 valence electrons. The molecule has 0 aliphatic rings. The molecule has 0 saturated heterocycles. The van der Waals surface area contributed by atoms with Crippen molar-refractivity contribution < 1.29 is 15.0 Å². The summed E-state index contributed by atoms with van der Waals surface area (Å²) in [6.45, 7) is 1.67. The van der Waals surface area contributed by atoms with E-state index in [9.17, 15) is 9.59 Å². The minimum atomic E-state index is -1.12. The number of aryl methyl sites for hydroxylation is 1. The highest BCUT2D eigenvalue weighted by Gasteiger charge is 2.07. The first kappa shape index (κ1) is 10.5. The van der Waals surface area contributed by atoms with Crippen molar-refractivity contribution in [1.29, 1.82) is 0 Å². The van der Waals surface area contributed by atoms with E-state index in [1.165, 1.54) is 10.6 Å². The zero-order chi connectivity index (χ0) is 10.7. The normalized spacial score (nSPS) is 10.1. The third-order valence-electron chi connectivity index (χ3n) is 1.91. The number of rotatable bonds is 3. The second-order valence-corrected chi connectivity index (χ2v) is 2.90. The van der Waals surface area contributed by atoms with Gasteiger partial charge in [-0.3, -0.25) is 4.79 Å². The Morgan fingerprint density at radius 1 is 1.50 bits per heavy atom. The van der Waals surface area contributed by atoms with Gasteiger partial charge >= 0.3 is 5.97 Å². The molecule has 1 aromatic heterocycles. The second kappa shape index (κ2) is 4.06. The fraction of sp³-hybridized carbons (Fsp3) is 0.333. The molecule has 0 spiro atoms. The maximum atomic E-state index is 11.3. The van der Waals surface area contributed by atoms with Gasteiger partial charge in [0.1, 0.15) is 0 Å². The molecule has 0 aromatic carbocycles.